The zero-order valence-electron chi connectivity index (χ0n) is 19.9. The third-order valence-corrected chi connectivity index (χ3v) is 10.3. The molecule has 6 aromatic rings. The number of hydrogen-bond acceptors (Lipinski definition) is 4. The van der Waals surface area contributed by atoms with Gasteiger partial charge in [0.1, 0.15) is 11.5 Å². The van der Waals surface area contributed by atoms with Crippen molar-refractivity contribution in [1.29, 1.82) is 0 Å². The lowest BCUT2D eigenvalue weighted by Crippen LogP contribution is -2.67. The van der Waals surface area contributed by atoms with Crippen molar-refractivity contribution in [3.05, 3.63) is 133 Å². The highest BCUT2D eigenvalue weighted by Crippen LogP contribution is 2.54. The maximum atomic E-state index is 6.96. The van der Waals surface area contributed by atoms with Crippen molar-refractivity contribution in [2.24, 2.45) is 0 Å². The second kappa shape index (κ2) is 7.63. The van der Waals surface area contributed by atoms with Gasteiger partial charge in [-0.2, -0.15) is 0 Å². The minimum atomic E-state index is -3.33. The normalized spacial score (nSPS) is 15.0. The number of hydrogen-bond donors (Lipinski definition) is 0. The second-order valence-electron chi connectivity index (χ2n) is 9.42. The molecule has 8 rings (SSSR count). The van der Waals surface area contributed by atoms with E-state index >= 15 is 0 Å². The molecule has 0 fully saturated rings. The monoisotopic (exact) mass is 494 g/mol. The maximum Gasteiger partial charge on any atom is 0.733 e. The average molecular weight is 495 g/mol. The topological polar surface area (TPSA) is 24.9 Å². The zero-order chi connectivity index (χ0) is 24.4. The summed E-state index contributed by atoms with van der Waals surface area (Å²) in [5, 5.41) is 4.78. The summed E-state index contributed by atoms with van der Waals surface area (Å²) in [5.74, 6) is 1.67. The Balaban J connectivity index is 1.39. The molecule has 0 saturated carbocycles. The van der Waals surface area contributed by atoms with Crippen LogP contribution in [0.25, 0.3) is 21.5 Å². The lowest BCUT2D eigenvalue weighted by Gasteiger charge is -2.35. The van der Waals surface area contributed by atoms with Crippen molar-refractivity contribution in [3.8, 4) is 11.5 Å². The van der Waals surface area contributed by atoms with Gasteiger partial charge >= 0.3 is 8.88 Å². The number of para-hydroxylation sites is 4. The number of fused-ring (bicyclic) bond motifs is 4. The first-order valence-corrected chi connectivity index (χ1v) is 14.2. The Morgan fingerprint density at radius 3 is 1.30 bits per heavy atom. The highest BCUT2D eigenvalue weighted by Gasteiger charge is 2.68. The molecule has 2 aliphatic heterocycles. The van der Waals surface area contributed by atoms with Crippen LogP contribution >= 0.6 is 0 Å². The van der Waals surface area contributed by atoms with Gasteiger partial charge in [0.15, 0.2) is 0 Å². The second-order valence-corrected chi connectivity index (χ2v) is 11.8. The van der Waals surface area contributed by atoms with Gasteiger partial charge in [-0.05, 0) is 70.1 Å². The molecule has 2 aliphatic rings. The standard InChI is InChI=1S/C32H22N2O2Si/c1-3-11-25-21-27(19-17-23(25)9-1)33-29-13-5-7-15-31(29)35-37(33)34(30-14-6-8-16-32(30)36-37)28-20-18-24-10-2-4-12-26(24)22-28/h1-22H. The average Bonchev–Trinajstić information content (AvgIpc) is 3.45. The van der Waals surface area contributed by atoms with E-state index < -0.39 is 8.88 Å². The van der Waals surface area contributed by atoms with Crippen LogP contribution in [0.2, 0.25) is 0 Å². The van der Waals surface area contributed by atoms with Crippen LogP contribution in [0, 0.1) is 0 Å². The van der Waals surface area contributed by atoms with E-state index in [9.17, 15) is 0 Å². The summed E-state index contributed by atoms with van der Waals surface area (Å²) < 4.78 is 18.5. The van der Waals surface area contributed by atoms with Crippen LogP contribution in [-0.2, 0) is 0 Å². The van der Waals surface area contributed by atoms with Gasteiger partial charge in [-0.15, -0.1) is 0 Å². The molecule has 0 bridgehead atoms. The minimum Gasteiger partial charge on any atom is -0.478 e. The summed E-state index contributed by atoms with van der Waals surface area (Å²) in [6, 6.07) is 46.6. The van der Waals surface area contributed by atoms with E-state index in [1.54, 1.807) is 0 Å². The first-order valence-electron chi connectivity index (χ1n) is 12.4. The summed E-state index contributed by atoms with van der Waals surface area (Å²) in [4.78, 5) is 0. The van der Waals surface area contributed by atoms with Gasteiger partial charge in [0.05, 0.1) is 11.4 Å². The highest BCUT2D eigenvalue weighted by molar-refractivity contribution is 6.81. The van der Waals surface area contributed by atoms with Crippen molar-refractivity contribution >= 4 is 53.2 Å². The fraction of sp³-hybridized carbons (Fsp3) is 0. The molecular weight excluding hydrogens is 472 g/mol. The van der Waals surface area contributed by atoms with Gasteiger partial charge in [-0.3, -0.25) is 9.13 Å². The molecule has 0 saturated heterocycles. The first kappa shape index (κ1) is 20.4. The molecule has 0 aliphatic carbocycles. The Morgan fingerprint density at radius 1 is 0.405 bits per heavy atom. The van der Waals surface area contributed by atoms with E-state index in [1.807, 2.05) is 24.3 Å². The smallest absolute Gasteiger partial charge is 0.478 e. The zero-order valence-corrected chi connectivity index (χ0v) is 20.9. The van der Waals surface area contributed by atoms with Gasteiger partial charge in [0, 0.05) is 11.4 Å². The highest BCUT2D eigenvalue weighted by atomic mass is 28.4. The number of rotatable bonds is 2. The quantitative estimate of drug-likeness (QED) is 0.227. The van der Waals surface area contributed by atoms with Crippen LogP contribution in [0.1, 0.15) is 0 Å². The third-order valence-electron chi connectivity index (χ3n) is 7.25. The largest absolute Gasteiger partial charge is 0.733 e. The molecular formula is C32H22N2O2Si. The van der Waals surface area contributed by atoms with E-state index in [2.05, 4.69) is 118 Å². The van der Waals surface area contributed by atoms with E-state index in [0.29, 0.717) is 0 Å². The van der Waals surface area contributed by atoms with E-state index in [0.717, 1.165) is 34.2 Å². The number of anilines is 4. The van der Waals surface area contributed by atoms with Gasteiger partial charge < -0.3 is 8.85 Å². The molecule has 6 aromatic carbocycles. The number of nitrogens with zero attached hydrogens (tertiary/aromatic N) is 2. The predicted octanol–water partition coefficient (Wildman–Crippen LogP) is 8.19. The summed E-state index contributed by atoms with van der Waals surface area (Å²) in [6.07, 6.45) is 0. The van der Waals surface area contributed by atoms with Crippen molar-refractivity contribution in [2.45, 2.75) is 0 Å². The van der Waals surface area contributed by atoms with Gasteiger partial charge in [-0.25, -0.2) is 0 Å². The van der Waals surface area contributed by atoms with E-state index in [-0.39, 0.29) is 0 Å². The summed E-state index contributed by atoms with van der Waals surface area (Å²) in [7, 11) is -3.33. The molecule has 0 N–H and O–H groups in total. The molecule has 2 heterocycles. The maximum absolute atomic E-state index is 6.96. The van der Waals surface area contributed by atoms with Gasteiger partial charge in [-0.1, -0.05) is 84.9 Å². The molecule has 1 spiro atoms. The van der Waals surface area contributed by atoms with Crippen LogP contribution in [-0.4, -0.2) is 8.88 Å². The summed E-state index contributed by atoms with van der Waals surface area (Å²) >= 11 is 0. The summed E-state index contributed by atoms with van der Waals surface area (Å²) in [5.41, 5.74) is 4.13. The number of benzene rings is 6. The Kier molecular flexibility index (Phi) is 4.21. The van der Waals surface area contributed by atoms with Crippen LogP contribution in [0.5, 0.6) is 11.5 Å². The van der Waals surface area contributed by atoms with Crippen LogP contribution in [0.15, 0.2) is 133 Å². The fourth-order valence-corrected chi connectivity index (χ4v) is 9.02. The van der Waals surface area contributed by atoms with Crippen molar-refractivity contribution in [3.63, 3.8) is 0 Å². The predicted molar refractivity (Wildman–Crippen MR) is 152 cm³/mol. The molecule has 176 valence electrons. The van der Waals surface area contributed by atoms with Crippen LogP contribution in [0.3, 0.4) is 0 Å². The van der Waals surface area contributed by atoms with Crippen LogP contribution in [0.4, 0.5) is 22.7 Å². The Labute approximate surface area is 215 Å². The molecule has 0 amide bonds. The van der Waals surface area contributed by atoms with Gasteiger partial charge in [0.2, 0.25) is 0 Å². The van der Waals surface area contributed by atoms with Gasteiger partial charge in [0.25, 0.3) is 0 Å². The molecule has 0 radical (unpaired) electrons. The SMILES string of the molecule is c1ccc2c(c1)O[Si]1(Oc3ccccc3N1c1ccc3ccccc3c1)N2c1ccc2ccccc2c1. The lowest BCUT2D eigenvalue weighted by molar-refractivity contribution is 0.413. The molecule has 0 aromatic heterocycles. The molecule has 4 nitrogen and oxygen atoms in total. The van der Waals surface area contributed by atoms with Crippen molar-refractivity contribution in [1.82, 2.24) is 0 Å². The van der Waals surface area contributed by atoms with E-state index in [1.165, 1.54) is 21.5 Å². The molecule has 0 atom stereocenters. The van der Waals surface area contributed by atoms with Crippen molar-refractivity contribution in [2.75, 3.05) is 9.13 Å². The Hall–Kier alpha value is -4.74. The molecule has 0 unspecified atom stereocenters. The van der Waals surface area contributed by atoms with Crippen molar-refractivity contribution < 1.29 is 8.85 Å². The van der Waals surface area contributed by atoms with Crippen LogP contribution < -0.4 is 18.0 Å². The minimum absolute atomic E-state index is 0.834. The Morgan fingerprint density at radius 2 is 0.811 bits per heavy atom. The fourth-order valence-electron chi connectivity index (χ4n) is 5.59. The van der Waals surface area contributed by atoms with E-state index in [4.69, 9.17) is 8.85 Å². The molecule has 37 heavy (non-hydrogen) atoms. The first-order chi connectivity index (χ1) is 18.3. The third kappa shape index (κ3) is 2.95. The Bertz CT molecular complexity index is 1700. The lowest BCUT2D eigenvalue weighted by atomic mass is 10.1. The summed E-state index contributed by atoms with van der Waals surface area (Å²) in [6.45, 7) is 0. The molecule has 5 heteroatoms.